The Morgan fingerprint density at radius 2 is 1.88 bits per heavy atom. The molecule has 0 atom stereocenters. The molecule has 6 nitrogen and oxygen atoms in total. The summed E-state index contributed by atoms with van der Waals surface area (Å²) in [4.78, 5) is 16.3. The smallest absolute Gasteiger partial charge is 0.225 e. The van der Waals surface area contributed by atoms with E-state index in [0.717, 1.165) is 61.8 Å². The highest BCUT2D eigenvalue weighted by atomic mass is 16.5. The summed E-state index contributed by atoms with van der Waals surface area (Å²) in [7, 11) is 1.65. The van der Waals surface area contributed by atoms with Crippen LogP contribution in [0.2, 0.25) is 0 Å². The Bertz CT molecular complexity index is 750. The second kappa shape index (κ2) is 6.70. The summed E-state index contributed by atoms with van der Waals surface area (Å²) < 4.78 is 5.26. The normalized spacial score (nSPS) is 17.5. The number of piperazine rings is 1. The van der Waals surface area contributed by atoms with Crippen LogP contribution in [0.5, 0.6) is 5.75 Å². The molecule has 25 heavy (non-hydrogen) atoms. The van der Waals surface area contributed by atoms with Crippen molar-refractivity contribution in [1.82, 2.24) is 15.1 Å². The predicted molar refractivity (Wildman–Crippen MR) is 95.5 cm³/mol. The van der Waals surface area contributed by atoms with Gasteiger partial charge in [-0.15, -0.1) is 10.2 Å². The summed E-state index contributed by atoms with van der Waals surface area (Å²) in [5, 5.41) is 8.75. The van der Waals surface area contributed by atoms with Crippen molar-refractivity contribution >= 4 is 11.7 Å². The fraction of sp³-hybridized carbons (Fsp3) is 0.421. The van der Waals surface area contributed by atoms with E-state index in [1.54, 1.807) is 7.11 Å². The number of nitrogens with zero attached hydrogens (tertiary/aromatic N) is 4. The van der Waals surface area contributed by atoms with Gasteiger partial charge in [0.15, 0.2) is 5.82 Å². The largest absolute Gasteiger partial charge is 0.497 e. The highest BCUT2D eigenvalue weighted by Gasteiger charge is 2.34. The first-order valence-electron chi connectivity index (χ1n) is 8.76. The lowest BCUT2D eigenvalue weighted by molar-refractivity contribution is -0.132. The van der Waals surface area contributed by atoms with Crippen molar-refractivity contribution in [3.05, 3.63) is 36.4 Å². The third-order valence-electron chi connectivity index (χ3n) is 4.86. The zero-order valence-electron chi connectivity index (χ0n) is 14.4. The van der Waals surface area contributed by atoms with Gasteiger partial charge in [-0.1, -0.05) is 12.1 Å². The molecule has 2 heterocycles. The average molecular weight is 338 g/mol. The van der Waals surface area contributed by atoms with Crippen molar-refractivity contribution in [3.63, 3.8) is 0 Å². The van der Waals surface area contributed by atoms with Gasteiger partial charge in [0.2, 0.25) is 5.91 Å². The Kier molecular flexibility index (Phi) is 4.26. The Labute approximate surface area is 147 Å². The number of amides is 1. The van der Waals surface area contributed by atoms with Gasteiger partial charge >= 0.3 is 0 Å². The molecular weight excluding hydrogens is 316 g/mol. The second-order valence-corrected chi connectivity index (χ2v) is 6.60. The summed E-state index contributed by atoms with van der Waals surface area (Å²) in [5.74, 6) is 2.30. The van der Waals surface area contributed by atoms with Crippen LogP contribution in [0.4, 0.5) is 5.82 Å². The van der Waals surface area contributed by atoms with Crippen LogP contribution >= 0.6 is 0 Å². The van der Waals surface area contributed by atoms with Crippen LogP contribution in [0, 0.1) is 5.92 Å². The number of ether oxygens (including phenoxy) is 1. The van der Waals surface area contributed by atoms with Crippen LogP contribution in [-0.2, 0) is 4.79 Å². The second-order valence-electron chi connectivity index (χ2n) is 6.60. The molecule has 2 fully saturated rings. The van der Waals surface area contributed by atoms with Gasteiger partial charge < -0.3 is 14.5 Å². The molecule has 2 aromatic rings. The van der Waals surface area contributed by atoms with Gasteiger partial charge in [0.1, 0.15) is 5.75 Å². The maximum Gasteiger partial charge on any atom is 0.225 e. The first-order valence-corrected chi connectivity index (χ1v) is 8.76. The summed E-state index contributed by atoms with van der Waals surface area (Å²) in [5.41, 5.74) is 1.81. The van der Waals surface area contributed by atoms with E-state index < -0.39 is 0 Å². The topological polar surface area (TPSA) is 58.6 Å². The molecule has 0 N–H and O–H groups in total. The van der Waals surface area contributed by atoms with E-state index in [-0.39, 0.29) is 0 Å². The molecule has 0 unspecified atom stereocenters. The van der Waals surface area contributed by atoms with Gasteiger partial charge in [0.05, 0.1) is 12.8 Å². The Hall–Kier alpha value is -2.63. The first kappa shape index (κ1) is 15.9. The average Bonchev–Trinajstić information content (AvgIpc) is 3.53. The fourth-order valence-corrected chi connectivity index (χ4v) is 3.17. The molecule has 0 bridgehead atoms. The number of hydrogen-bond donors (Lipinski definition) is 0. The monoisotopic (exact) mass is 338 g/mol. The summed E-state index contributed by atoms with van der Waals surface area (Å²) in [6.45, 7) is 3.17. The quantitative estimate of drug-likeness (QED) is 0.855. The molecular formula is C19H22N4O2. The van der Waals surface area contributed by atoms with Gasteiger partial charge in [-0.05, 0) is 37.1 Å². The first-order chi connectivity index (χ1) is 12.2. The molecule has 1 aliphatic heterocycles. The molecule has 1 aromatic carbocycles. The van der Waals surface area contributed by atoms with Crippen molar-refractivity contribution in [1.29, 1.82) is 0 Å². The van der Waals surface area contributed by atoms with E-state index >= 15 is 0 Å². The highest BCUT2D eigenvalue weighted by Crippen LogP contribution is 2.31. The number of anilines is 1. The zero-order chi connectivity index (χ0) is 17.2. The van der Waals surface area contributed by atoms with Crippen LogP contribution in [0.15, 0.2) is 36.4 Å². The van der Waals surface area contributed by atoms with Crippen LogP contribution in [0.3, 0.4) is 0 Å². The molecule has 4 rings (SSSR count). The van der Waals surface area contributed by atoms with Gasteiger partial charge in [0, 0.05) is 37.7 Å². The zero-order valence-corrected chi connectivity index (χ0v) is 14.4. The number of rotatable bonds is 4. The Morgan fingerprint density at radius 1 is 1.08 bits per heavy atom. The van der Waals surface area contributed by atoms with Crippen LogP contribution in [0.25, 0.3) is 11.3 Å². The third kappa shape index (κ3) is 3.43. The number of hydrogen-bond acceptors (Lipinski definition) is 5. The molecule has 1 saturated carbocycles. The number of benzene rings is 1. The van der Waals surface area contributed by atoms with E-state index in [1.165, 1.54) is 0 Å². The molecule has 1 aromatic heterocycles. The maximum absolute atomic E-state index is 12.1. The fourth-order valence-electron chi connectivity index (χ4n) is 3.17. The number of methoxy groups -OCH3 is 1. The summed E-state index contributed by atoms with van der Waals surface area (Å²) in [6, 6.07) is 11.8. The van der Waals surface area contributed by atoms with Gasteiger partial charge in [-0.25, -0.2) is 0 Å². The molecule has 130 valence electrons. The number of carbonyl (C=O) groups is 1. The number of carbonyl (C=O) groups excluding carboxylic acids is 1. The van der Waals surface area contributed by atoms with Gasteiger partial charge in [-0.3, -0.25) is 4.79 Å². The van der Waals surface area contributed by atoms with E-state index in [9.17, 15) is 4.79 Å². The summed E-state index contributed by atoms with van der Waals surface area (Å²) in [6.07, 6.45) is 2.13. The van der Waals surface area contributed by atoms with Crippen LogP contribution < -0.4 is 9.64 Å². The van der Waals surface area contributed by atoms with Crippen molar-refractivity contribution in [2.75, 3.05) is 38.2 Å². The van der Waals surface area contributed by atoms with Crippen LogP contribution in [0.1, 0.15) is 12.8 Å². The molecule has 2 aliphatic rings. The predicted octanol–water partition coefficient (Wildman–Crippen LogP) is 2.21. The summed E-state index contributed by atoms with van der Waals surface area (Å²) >= 11 is 0. The lowest BCUT2D eigenvalue weighted by atomic mass is 10.1. The maximum atomic E-state index is 12.1. The molecule has 0 radical (unpaired) electrons. The molecule has 6 heteroatoms. The minimum atomic E-state index is 0.300. The number of aromatic nitrogens is 2. The highest BCUT2D eigenvalue weighted by molar-refractivity contribution is 5.81. The molecule has 0 spiro atoms. The van der Waals surface area contributed by atoms with E-state index in [4.69, 9.17) is 4.74 Å². The molecule has 1 amide bonds. The van der Waals surface area contributed by atoms with Gasteiger partial charge in [-0.2, -0.15) is 0 Å². The van der Waals surface area contributed by atoms with E-state index in [1.807, 2.05) is 41.3 Å². The van der Waals surface area contributed by atoms with Crippen molar-refractivity contribution < 1.29 is 9.53 Å². The Balaban J connectivity index is 1.41. The molecule has 1 saturated heterocycles. The molecule has 1 aliphatic carbocycles. The standard InChI is InChI=1S/C19H22N4O2/c1-25-16-4-2-3-15(13-16)17-7-8-18(21-20-17)22-9-11-23(12-10-22)19(24)14-5-6-14/h2-4,7-8,13-14H,5-6,9-12H2,1H3. The van der Waals surface area contributed by atoms with Crippen molar-refractivity contribution in [2.24, 2.45) is 5.92 Å². The lowest BCUT2D eigenvalue weighted by Crippen LogP contribution is -2.49. The lowest BCUT2D eigenvalue weighted by Gasteiger charge is -2.35. The van der Waals surface area contributed by atoms with Crippen LogP contribution in [-0.4, -0.2) is 54.3 Å². The third-order valence-corrected chi connectivity index (χ3v) is 4.86. The van der Waals surface area contributed by atoms with Crippen molar-refractivity contribution in [3.8, 4) is 17.0 Å². The SMILES string of the molecule is COc1cccc(-c2ccc(N3CCN(C(=O)C4CC4)CC3)nn2)c1. The van der Waals surface area contributed by atoms with E-state index in [0.29, 0.717) is 11.8 Å². The van der Waals surface area contributed by atoms with Gasteiger partial charge in [0.25, 0.3) is 0 Å². The minimum absolute atomic E-state index is 0.300. The minimum Gasteiger partial charge on any atom is -0.497 e. The van der Waals surface area contributed by atoms with E-state index in [2.05, 4.69) is 15.1 Å². The Morgan fingerprint density at radius 3 is 2.52 bits per heavy atom. The van der Waals surface area contributed by atoms with Crippen molar-refractivity contribution in [2.45, 2.75) is 12.8 Å².